The van der Waals surface area contributed by atoms with E-state index in [0.717, 1.165) is 18.4 Å². The summed E-state index contributed by atoms with van der Waals surface area (Å²) in [6.07, 6.45) is 3.99. The van der Waals surface area contributed by atoms with Crippen molar-refractivity contribution in [3.63, 3.8) is 0 Å². The van der Waals surface area contributed by atoms with E-state index in [4.69, 9.17) is 9.84 Å². The maximum absolute atomic E-state index is 13.2. The second kappa shape index (κ2) is 9.63. The summed E-state index contributed by atoms with van der Waals surface area (Å²) < 4.78 is 7.24. The Morgan fingerprint density at radius 3 is 2.74 bits per heavy atom. The molecule has 0 unspecified atom stereocenters. The fraction of sp³-hybridized carbons (Fsp3) is 0.464. The predicted octanol–water partition coefficient (Wildman–Crippen LogP) is 4.27. The third kappa shape index (κ3) is 4.53. The number of aromatic amines is 1. The monoisotopic (exact) mass is 516 g/mol. The number of nitrogens with one attached hydrogen (secondary N) is 2. The fourth-order valence-corrected chi connectivity index (χ4v) is 4.98. The number of nitriles is 1. The van der Waals surface area contributed by atoms with Crippen LogP contribution in [0.2, 0.25) is 0 Å². The molecule has 3 aromatic rings. The third-order valence-electron chi connectivity index (χ3n) is 7.31. The molecule has 1 aromatic carbocycles. The number of anilines is 2. The van der Waals surface area contributed by atoms with Crippen molar-refractivity contribution in [2.75, 3.05) is 11.9 Å². The zero-order chi connectivity index (χ0) is 27.2. The fourth-order valence-electron chi connectivity index (χ4n) is 4.98. The van der Waals surface area contributed by atoms with Crippen molar-refractivity contribution in [3.8, 4) is 6.07 Å². The largest absolute Gasteiger partial charge is 0.464 e. The number of aromatic nitrogens is 3. The first-order valence-corrected chi connectivity index (χ1v) is 13.0. The molecule has 1 atom stereocenters. The minimum Gasteiger partial charge on any atom is -0.464 e. The van der Waals surface area contributed by atoms with Gasteiger partial charge in [-0.3, -0.25) is 14.3 Å². The highest BCUT2D eigenvalue weighted by molar-refractivity contribution is 6.02. The number of H-pyrrole nitrogens is 1. The van der Waals surface area contributed by atoms with Gasteiger partial charge in [0.25, 0.3) is 11.5 Å². The maximum Gasteiger partial charge on any atom is 0.331 e. The van der Waals surface area contributed by atoms with E-state index in [2.05, 4.69) is 16.4 Å². The van der Waals surface area contributed by atoms with E-state index in [1.54, 1.807) is 42.9 Å². The van der Waals surface area contributed by atoms with Gasteiger partial charge in [0.1, 0.15) is 10.9 Å². The normalized spacial score (nSPS) is 16.0. The van der Waals surface area contributed by atoms with Crippen molar-refractivity contribution in [2.24, 2.45) is 11.8 Å². The van der Waals surface area contributed by atoms with Gasteiger partial charge in [-0.1, -0.05) is 13.8 Å². The first kappa shape index (κ1) is 25.5. The molecular formula is C28H32N6O4. The minimum absolute atomic E-state index is 0.0938. The van der Waals surface area contributed by atoms with Gasteiger partial charge in [-0.15, -0.1) is 0 Å². The van der Waals surface area contributed by atoms with Crippen LogP contribution in [0, 0.1) is 23.2 Å². The van der Waals surface area contributed by atoms with Crippen LogP contribution in [0.4, 0.5) is 11.5 Å². The first-order chi connectivity index (χ1) is 18.1. The molecule has 5 rings (SSSR count). The van der Waals surface area contributed by atoms with Crippen molar-refractivity contribution >= 4 is 34.3 Å². The SMILES string of the molecule is CC(C)COC(=O)C(C)(C)N1Cc2cc(Nc3nn([C@@H](CC#N)C4CC4)c4cc[nH]c(=O)c34)ccc2C1=O. The van der Waals surface area contributed by atoms with Crippen molar-refractivity contribution in [3.05, 3.63) is 51.9 Å². The molecule has 1 saturated carbocycles. The van der Waals surface area contributed by atoms with Crippen LogP contribution in [-0.2, 0) is 16.1 Å². The van der Waals surface area contributed by atoms with Crippen LogP contribution < -0.4 is 10.9 Å². The van der Waals surface area contributed by atoms with Crippen molar-refractivity contribution in [1.29, 1.82) is 5.26 Å². The number of hydrogen-bond donors (Lipinski definition) is 2. The first-order valence-electron chi connectivity index (χ1n) is 13.0. The zero-order valence-corrected chi connectivity index (χ0v) is 22.1. The summed E-state index contributed by atoms with van der Waals surface area (Å²) in [5, 5.41) is 17.8. The van der Waals surface area contributed by atoms with Crippen molar-refractivity contribution < 1.29 is 14.3 Å². The quantitative estimate of drug-likeness (QED) is 0.406. The summed E-state index contributed by atoms with van der Waals surface area (Å²) in [5.41, 5.74) is 1.23. The molecule has 3 heterocycles. The van der Waals surface area contributed by atoms with E-state index in [1.807, 2.05) is 19.9 Å². The molecule has 2 N–H and O–H groups in total. The highest BCUT2D eigenvalue weighted by Gasteiger charge is 2.43. The molecule has 0 saturated heterocycles. The Morgan fingerprint density at radius 2 is 2.05 bits per heavy atom. The highest BCUT2D eigenvalue weighted by atomic mass is 16.5. The van der Waals surface area contributed by atoms with Crippen LogP contribution in [0.5, 0.6) is 0 Å². The van der Waals surface area contributed by atoms with Gasteiger partial charge in [-0.2, -0.15) is 10.4 Å². The number of carbonyl (C=O) groups excluding carboxylic acids is 2. The van der Waals surface area contributed by atoms with E-state index in [9.17, 15) is 19.6 Å². The topological polar surface area (TPSA) is 133 Å². The number of esters is 1. The van der Waals surface area contributed by atoms with Crippen LogP contribution in [-0.4, -0.2) is 43.7 Å². The molecule has 1 aliphatic heterocycles. The summed E-state index contributed by atoms with van der Waals surface area (Å²) in [6, 6.07) is 9.31. The zero-order valence-electron chi connectivity index (χ0n) is 22.1. The van der Waals surface area contributed by atoms with Crippen LogP contribution in [0.25, 0.3) is 10.9 Å². The molecule has 2 aromatic heterocycles. The molecule has 1 fully saturated rings. The van der Waals surface area contributed by atoms with Gasteiger partial charge in [0.15, 0.2) is 5.82 Å². The lowest BCUT2D eigenvalue weighted by atomic mass is 10.0. The number of nitrogens with zero attached hydrogens (tertiary/aromatic N) is 4. The second-order valence-electron chi connectivity index (χ2n) is 11.1. The lowest BCUT2D eigenvalue weighted by Crippen LogP contribution is -2.51. The van der Waals surface area contributed by atoms with E-state index in [-0.39, 0.29) is 30.0 Å². The maximum atomic E-state index is 13.2. The standard InChI is InChI=1S/C28H32N6O4/c1-16(2)15-38-27(37)28(3,4)33-14-18-13-19(7-8-20(18)26(33)36)31-24-23-22(10-12-30-25(23)35)34(32-24)21(9-11-29)17-5-6-17/h7-8,10,12-13,16-17,21H,5-6,9,14-15H2,1-4H3,(H,30,35)(H,31,32)/t21-/m0/s1. The van der Waals surface area contributed by atoms with Crippen LogP contribution in [0.1, 0.15) is 68.9 Å². The molecule has 38 heavy (non-hydrogen) atoms. The van der Waals surface area contributed by atoms with Gasteiger partial charge >= 0.3 is 5.97 Å². The summed E-state index contributed by atoms with van der Waals surface area (Å²) in [6.45, 7) is 7.86. The van der Waals surface area contributed by atoms with Crippen molar-refractivity contribution in [1.82, 2.24) is 19.7 Å². The third-order valence-corrected chi connectivity index (χ3v) is 7.31. The molecule has 10 nitrogen and oxygen atoms in total. The Bertz CT molecular complexity index is 1510. The molecule has 1 aliphatic carbocycles. The molecule has 0 bridgehead atoms. The summed E-state index contributed by atoms with van der Waals surface area (Å²) in [4.78, 5) is 43.0. The number of fused-ring (bicyclic) bond motifs is 2. The smallest absolute Gasteiger partial charge is 0.331 e. The van der Waals surface area contributed by atoms with Crippen LogP contribution >= 0.6 is 0 Å². The van der Waals surface area contributed by atoms with Crippen LogP contribution in [0.15, 0.2) is 35.3 Å². The number of rotatable bonds is 9. The Kier molecular flexibility index (Phi) is 6.47. The van der Waals surface area contributed by atoms with Crippen molar-refractivity contribution in [2.45, 2.75) is 65.1 Å². The van der Waals surface area contributed by atoms with Gasteiger partial charge in [-0.05, 0) is 68.4 Å². The Balaban J connectivity index is 1.43. The predicted molar refractivity (Wildman–Crippen MR) is 142 cm³/mol. The summed E-state index contributed by atoms with van der Waals surface area (Å²) in [5.74, 6) is 0.292. The van der Waals surface area contributed by atoms with E-state index in [0.29, 0.717) is 46.9 Å². The van der Waals surface area contributed by atoms with E-state index in [1.165, 1.54) is 4.90 Å². The number of carbonyl (C=O) groups is 2. The van der Waals surface area contributed by atoms with Gasteiger partial charge in [0, 0.05) is 24.0 Å². The number of pyridine rings is 1. The van der Waals surface area contributed by atoms with Gasteiger partial charge < -0.3 is 19.9 Å². The van der Waals surface area contributed by atoms with Gasteiger partial charge in [-0.25, -0.2) is 4.79 Å². The Morgan fingerprint density at radius 1 is 1.29 bits per heavy atom. The average Bonchev–Trinajstić information content (AvgIpc) is 3.58. The van der Waals surface area contributed by atoms with Gasteiger partial charge in [0.05, 0.1) is 30.7 Å². The number of hydrogen-bond acceptors (Lipinski definition) is 7. The van der Waals surface area contributed by atoms with Gasteiger partial charge in [0.2, 0.25) is 0 Å². The van der Waals surface area contributed by atoms with Crippen LogP contribution in [0.3, 0.4) is 0 Å². The summed E-state index contributed by atoms with van der Waals surface area (Å²) >= 11 is 0. The molecule has 198 valence electrons. The lowest BCUT2D eigenvalue weighted by molar-refractivity contribution is -0.156. The lowest BCUT2D eigenvalue weighted by Gasteiger charge is -2.33. The number of amides is 1. The molecular weight excluding hydrogens is 484 g/mol. The molecule has 2 aliphatic rings. The number of benzene rings is 1. The summed E-state index contributed by atoms with van der Waals surface area (Å²) in [7, 11) is 0. The highest BCUT2D eigenvalue weighted by Crippen LogP contribution is 2.43. The second-order valence-corrected chi connectivity index (χ2v) is 11.1. The molecule has 0 radical (unpaired) electrons. The van der Waals surface area contributed by atoms with E-state index < -0.39 is 11.5 Å². The van der Waals surface area contributed by atoms with E-state index >= 15 is 0 Å². The molecule has 0 spiro atoms. The Labute approximate surface area is 220 Å². The number of ether oxygens (including phenoxy) is 1. The minimum atomic E-state index is -1.13. The molecule has 1 amide bonds. The Hall–Kier alpha value is -4.13. The molecule has 10 heteroatoms. The average molecular weight is 517 g/mol.